The Morgan fingerprint density at radius 3 is 2.40 bits per heavy atom. The lowest BCUT2D eigenvalue weighted by Crippen LogP contribution is -2.46. The molecule has 270 valence electrons. The van der Waals surface area contributed by atoms with Gasteiger partial charge >= 0.3 is 6.09 Å². The first kappa shape index (κ1) is 35.8. The van der Waals surface area contributed by atoms with Gasteiger partial charge in [0.15, 0.2) is 5.89 Å². The quantitative estimate of drug-likeness (QED) is 0.244. The summed E-state index contributed by atoms with van der Waals surface area (Å²) in [5.41, 5.74) is 2.89. The summed E-state index contributed by atoms with van der Waals surface area (Å²) >= 11 is 0. The monoisotopic (exact) mass is 687 g/mol. The first-order valence-corrected chi connectivity index (χ1v) is 18.4. The molecule has 1 aliphatic heterocycles. The molecule has 0 radical (unpaired) electrons. The van der Waals surface area contributed by atoms with Gasteiger partial charge in [-0.2, -0.15) is 0 Å². The molecule has 0 bridgehead atoms. The number of rotatable bonds is 9. The average molecular weight is 688 g/mol. The Balaban J connectivity index is 1.13. The van der Waals surface area contributed by atoms with Crippen LogP contribution in [0.2, 0.25) is 0 Å². The summed E-state index contributed by atoms with van der Waals surface area (Å²) in [5, 5.41) is 10.3. The van der Waals surface area contributed by atoms with Gasteiger partial charge in [-0.25, -0.2) is 14.8 Å². The van der Waals surface area contributed by atoms with Gasteiger partial charge in [-0.1, -0.05) is 13.8 Å². The topological polar surface area (TPSA) is 131 Å². The first-order chi connectivity index (χ1) is 24.0. The second kappa shape index (κ2) is 15.5. The highest BCUT2D eigenvalue weighted by molar-refractivity contribution is 5.94. The second-order valence-corrected chi connectivity index (χ2v) is 15.2. The third-order valence-electron chi connectivity index (χ3n) is 11.0. The first-order valence-electron chi connectivity index (χ1n) is 18.4. The van der Waals surface area contributed by atoms with E-state index in [1.807, 2.05) is 50.8 Å². The van der Waals surface area contributed by atoms with Crippen molar-refractivity contribution >= 4 is 17.8 Å². The van der Waals surface area contributed by atoms with E-state index >= 15 is 0 Å². The van der Waals surface area contributed by atoms with Crippen molar-refractivity contribution in [1.29, 1.82) is 0 Å². The number of hydrogen-bond donors (Lipinski definition) is 1. The second-order valence-electron chi connectivity index (χ2n) is 15.2. The van der Waals surface area contributed by atoms with Crippen molar-refractivity contribution in [3.05, 3.63) is 54.0 Å². The van der Waals surface area contributed by atoms with E-state index in [4.69, 9.17) is 23.9 Å². The van der Waals surface area contributed by atoms with Gasteiger partial charge in [0.1, 0.15) is 29.6 Å². The molecule has 0 aromatic carbocycles. The number of piperidine rings is 1. The lowest BCUT2D eigenvalue weighted by atomic mass is 9.79. The molecule has 11 nitrogen and oxygen atoms in total. The van der Waals surface area contributed by atoms with Crippen molar-refractivity contribution < 1.29 is 28.6 Å². The highest BCUT2D eigenvalue weighted by Crippen LogP contribution is 2.38. The zero-order valence-corrected chi connectivity index (χ0v) is 30.3. The lowest BCUT2D eigenvalue weighted by molar-refractivity contribution is -0.124. The molecule has 3 fully saturated rings. The van der Waals surface area contributed by atoms with E-state index in [1.165, 1.54) is 0 Å². The Morgan fingerprint density at radius 1 is 1.04 bits per heavy atom. The summed E-state index contributed by atoms with van der Waals surface area (Å²) < 4.78 is 17.0. The van der Waals surface area contributed by atoms with Crippen LogP contribution in [0.25, 0.3) is 11.3 Å². The number of oxazole rings is 1. The van der Waals surface area contributed by atoms with Crippen LogP contribution >= 0.6 is 0 Å². The van der Waals surface area contributed by atoms with Gasteiger partial charge in [-0.05, 0) is 108 Å². The number of aryl methyl sites for hydroxylation is 1. The lowest BCUT2D eigenvalue weighted by Gasteiger charge is -2.37. The predicted molar refractivity (Wildman–Crippen MR) is 190 cm³/mol. The van der Waals surface area contributed by atoms with Crippen molar-refractivity contribution in [3.63, 3.8) is 0 Å². The molecule has 50 heavy (non-hydrogen) atoms. The van der Waals surface area contributed by atoms with Crippen molar-refractivity contribution in [3.8, 4) is 17.0 Å². The number of amides is 2. The average Bonchev–Trinajstić information content (AvgIpc) is 3.62. The van der Waals surface area contributed by atoms with Crippen LogP contribution in [-0.2, 0) is 9.53 Å². The Labute approximate surface area is 295 Å². The molecule has 0 unspecified atom stereocenters. The van der Waals surface area contributed by atoms with E-state index in [0.29, 0.717) is 81.7 Å². The van der Waals surface area contributed by atoms with Crippen LogP contribution in [0.5, 0.6) is 5.75 Å². The van der Waals surface area contributed by atoms with Gasteiger partial charge in [-0.3, -0.25) is 14.7 Å². The zero-order chi connectivity index (χ0) is 35.4. The van der Waals surface area contributed by atoms with Gasteiger partial charge < -0.3 is 23.9 Å². The molecule has 1 saturated heterocycles. The number of aromatic nitrogens is 3. The molecular weight excluding hydrogens is 634 g/mol. The molecule has 2 amide bonds. The van der Waals surface area contributed by atoms with E-state index < -0.39 is 5.60 Å². The molecule has 6 rings (SSSR count). The van der Waals surface area contributed by atoms with E-state index in [-0.39, 0.29) is 29.9 Å². The molecule has 0 atom stereocenters. The molecule has 4 heterocycles. The van der Waals surface area contributed by atoms with Crippen molar-refractivity contribution in [1.82, 2.24) is 19.9 Å². The number of methoxy groups -OCH3 is 1. The fraction of sp³-hybridized carbons (Fsp3) is 0.615. The standard InChI is InChI=1S/C39H53N5O6/c1-25(2)36-42-33(24-49-36)30-16-19-40-35(22-30)44(23-27-6-8-28(9-7-27)32-14-15-34(48-5)26(3)41-32)37(45)29-10-12-31(13-11-29)50-38(46)43-20-17-39(4,47)18-21-43/h14-16,19,22,24-25,27-29,31,47H,6-13,17-18,20-21,23H2,1-5H3. The smallest absolute Gasteiger partial charge is 0.410 e. The molecule has 0 spiro atoms. The minimum atomic E-state index is -0.728. The van der Waals surface area contributed by atoms with E-state index in [9.17, 15) is 14.7 Å². The number of aliphatic hydroxyl groups is 1. The van der Waals surface area contributed by atoms with Crippen LogP contribution in [0.4, 0.5) is 10.6 Å². The number of carbonyl (C=O) groups excluding carboxylic acids is 2. The summed E-state index contributed by atoms with van der Waals surface area (Å²) in [5.74, 6) is 2.91. The minimum absolute atomic E-state index is 0.0790. The molecule has 3 aromatic rings. The highest BCUT2D eigenvalue weighted by atomic mass is 16.6. The Kier molecular flexibility index (Phi) is 11.1. The molecule has 2 saturated carbocycles. The number of ether oxygens (including phenoxy) is 2. The third-order valence-corrected chi connectivity index (χ3v) is 11.0. The van der Waals surface area contributed by atoms with Crippen LogP contribution in [0, 0.1) is 18.8 Å². The largest absolute Gasteiger partial charge is 0.495 e. The third kappa shape index (κ3) is 8.48. The van der Waals surface area contributed by atoms with Crippen LogP contribution in [-0.4, -0.2) is 75.4 Å². The van der Waals surface area contributed by atoms with Crippen molar-refractivity contribution in [2.45, 2.75) is 115 Å². The van der Waals surface area contributed by atoms with Gasteiger partial charge in [0.05, 0.1) is 18.4 Å². The SMILES string of the molecule is COc1ccc(C2CCC(CN(C(=O)C3CCC(OC(=O)N4CCC(C)(O)CC4)CC3)c3cc(-c4coc(C(C)C)n4)ccn3)CC2)nc1C. The number of carbonyl (C=O) groups is 2. The van der Waals surface area contributed by atoms with Crippen LogP contribution in [0.1, 0.15) is 114 Å². The number of nitrogens with zero attached hydrogens (tertiary/aromatic N) is 5. The zero-order valence-electron chi connectivity index (χ0n) is 30.3. The van der Waals surface area contributed by atoms with Gasteiger partial charge in [-0.15, -0.1) is 0 Å². The van der Waals surface area contributed by atoms with Gasteiger partial charge in [0.25, 0.3) is 0 Å². The van der Waals surface area contributed by atoms with Crippen molar-refractivity contribution in [2.24, 2.45) is 11.8 Å². The molecule has 3 aliphatic rings. The van der Waals surface area contributed by atoms with Gasteiger partial charge in [0.2, 0.25) is 5.91 Å². The summed E-state index contributed by atoms with van der Waals surface area (Å²) in [4.78, 5) is 45.1. The van der Waals surface area contributed by atoms with Gasteiger partial charge in [0, 0.05) is 54.8 Å². The Bertz CT molecular complexity index is 1610. The maximum absolute atomic E-state index is 14.4. The molecular formula is C39H53N5O6. The summed E-state index contributed by atoms with van der Waals surface area (Å²) in [7, 11) is 1.67. The summed E-state index contributed by atoms with van der Waals surface area (Å²) in [6, 6.07) is 7.96. The van der Waals surface area contributed by atoms with Crippen molar-refractivity contribution in [2.75, 3.05) is 31.6 Å². The van der Waals surface area contributed by atoms with E-state index in [2.05, 4.69) is 11.1 Å². The Hall–Kier alpha value is -3.99. The maximum Gasteiger partial charge on any atom is 0.410 e. The number of likely N-dealkylation sites (tertiary alicyclic amines) is 1. The van der Waals surface area contributed by atoms with Crippen LogP contribution < -0.4 is 9.64 Å². The summed E-state index contributed by atoms with van der Waals surface area (Å²) in [6.45, 7) is 9.47. The van der Waals surface area contributed by atoms with E-state index in [1.54, 1.807) is 24.5 Å². The molecule has 2 aliphatic carbocycles. The predicted octanol–water partition coefficient (Wildman–Crippen LogP) is 7.42. The van der Waals surface area contributed by atoms with E-state index in [0.717, 1.165) is 54.1 Å². The molecule has 3 aromatic heterocycles. The highest BCUT2D eigenvalue weighted by Gasteiger charge is 2.36. The maximum atomic E-state index is 14.4. The minimum Gasteiger partial charge on any atom is -0.495 e. The molecule has 1 N–H and O–H groups in total. The fourth-order valence-corrected chi connectivity index (χ4v) is 7.65. The number of hydrogen-bond acceptors (Lipinski definition) is 9. The number of anilines is 1. The fourth-order valence-electron chi connectivity index (χ4n) is 7.65. The number of pyridine rings is 2. The normalized spacial score (nSPS) is 23.8. The van der Waals surface area contributed by atoms with Crippen LogP contribution in [0.15, 0.2) is 41.1 Å². The summed E-state index contributed by atoms with van der Waals surface area (Å²) in [6.07, 6.45) is 10.6. The molecule has 11 heteroatoms. The Morgan fingerprint density at radius 2 is 1.76 bits per heavy atom. The van der Waals surface area contributed by atoms with Crippen LogP contribution in [0.3, 0.4) is 0 Å².